The highest BCUT2D eigenvalue weighted by molar-refractivity contribution is 7.89. The number of nitrogens with two attached hydrogens (primary N) is 1. The zero-order chi connectivity index (χ0) is 13.0. The van der Waals surface area contributed by atoms with Gasteiger partial charge in [0.1, 0.15) is 0 Å². The first-order chi connectivity index (χ1) is 8.59. The highest BCUT2D eigenvalue weighted by atomic mass is 32.2. The van der Waals surface area contributed by atoms with E-state index in [4.69, 9.17) is 10.3 Å². The lowest BCUT2D eigenvalue weighted by Gasteiger charge is -2.06. The van der Waals surface area contributed by atoms with Gasteiger partial charge in [-0.25, -0.2) is 18.1 Å². The van der Waals surface area contributed by atoms with Crippen molar-refractivity contribution in [2.45, 2.75) is 11.4 Å². The molecule has 0 bridgehead atoms. The number of rotatable bonds is 5. The van der Waals surface area contributed by atoms with E-state index in [9.17, 15) is 8.42 Å². The number of anilines is 1. The van der Waals surface area contributed by atoms with E-state index in [0.29, 0.717) is 12.3 Å². The summed E-state index contributed by atoms with van der Waals surface area (Å²) < 4.78 is 30.8. The van der Waals surface area contributed by atoms with Crippen molar-refractivity contribution >= 4 is 15.7 Å². The predicted octanol–water partition coefficient (Wildman–Crippen LogP) is -0.432. The molecular formula is C9H11N5O3S. The van der Waals surface area contributed by atoms with Crippen molar-refractivity contribution in [1.82, 2.24) is 19.8 Å². The summed E-state index contributed by atoms with van der Waals surface area (Å²) in [6.07, 6.45) is 2.91. The van der Waals surface area contributed by atoms with Crippen LogP contribution in [0.25, 0.3) is 0 Å². The van der Waals surface area contributed by atoms with E-state index in [2.05, 4.69) is 19.8 Å². The number of sulfonamides is 1. The van der Waals surface area contributed by atoms with Gasteiger partial charge in [-0.1, -0.05) is 5.16 Å². The van der Waals surface area contributed by atoms with Gasteiger partial charge in [-0.15, -0.1) is 0 Å². The maximum Gasteiger partial charge on any atom is 0.260 e. The topological polar surface area (TPSA) is 124 Å². The van der Waals surface area contributed by atoms with Crippen molar-refractivity contribution < 1.29 is 12.9 Å². The summed E-state index contributed by atoms with van der Waals surface area (Å²) in [6, 6.07) is 3.03. The number of aromatic nitrogens is 3. The zero-order valence-electron chi connectivity index (χ0n) is 9.28. The van der Waals surface area contributed by atoms with Gasteiger partial charge in [0.15, 0.2) is 11.4 Å². The molecule has 9 heteroatoms. The minimum absolute atomic E-state index is 0.0998. The maximum atomic E-state index is 11.9. The second-order valence-corrected chi connectivity index (χ2v) is 5.06. The van der Waals surface area contributed by atoms with Gasteiger partial charge < -0.3 is 10.3 Å². The molecule has 0 amide bonds. The Bertz CT molecular complexity index is 611. The van der Waals surface area contributed by atoms with Crippen LogP contribution in [0.3, 0.4) is 0 Å². The molecule has 0 aliphatic carbocycles. The third-order valence-corrected chi connectivity index (χ3v) is 3.53. The fourth-order valence-corrected chi connectivity index (χ4v) is 2.38. The molecule has 2 rings (SSSR count). The second-order valence-electron chi connectivity index (χ2n) is 3.38. The van der Waals surface area contributed by atoms with Crippen molar-refractivity contribution in [1.29, 1.82) is 0 Å². The van der Waals surface area contributed by atoms with Crippen molar-refractivity contribution in [3.05, 3.63) is 30.5 Å². The lowest BCUT2D eigenvalue weighted by Crippen LogP contribution is -2.27. The van der Waals surface area contributed by atoms with Crippen LogP contribution in [-0.4, -0.2) is 30.1 Å². The molecule has 0 aromatic carbocycles. The lowest BCUT2D eigenvalue weighted by molar-refractivity contribution is 0.377. The molecular weight excluding hydrogens is 258 g/mol. The molecule has 0 fully saturated rings. The number of hydrogen-bond acceptors (Lipinski definition) is 7. The van der Waals surface area contributed by atoms with E-state index in [1.807, 2.05) is 0 Å². The van der Waals surface area contributed by atoms with E-state index in [1.54, 1.807) is 6.07 Å². The molecule has 0 aliphatic rings. The quantitative estimate of drug-likeness (QED) is 0.754. The molecule has 2 heterocycles. The Balaban J connectivity index is 2.02. The first-order valence-electron chi connectivity index (χ1n) is 5.05. The fourth-order valence-electron chi connectivity index (χ4n) is 1.29. The van der Waals surface area contributed by atoms with Crippen molar-refractivity contribution in [3.8, 4) is 0 Å². The monoisotopic (exact) mass is 269 g/mol. The molecule has 8 nitrogen and oxygen atoms in total. The van der Waals surface area contributed by atoms with E-state index >= 15 is 0 Å². The van der Waals surface area contributed by atoms with Gasteiger partial charge in [-0.3, -0.25) is 0 Å². The zero-order valence-corrected chi connectivity index (χ0v) is 10.1. The summed E-state index contributed by atoms with van der Waals surface area (Å²) in [4.78, 5) is 7.51. The molecule has 0 radical (unpaired) electrons. The van der Waals surface area contributed by atoms with E-state index in [0.717, 1.165) is 0 Å². The lowest BCUT2D eigenvalue weighted by atomic mass is 10.4. The molecule has 0 atom stereocenters. The van der Waals surface area contributed by atoms with Crippen LogP contribution in [0, 0.1) is 0 Å². The van der Waals surface area contributed by atoms with Gasteiger partial charge in [0.25, 0.3) is 10.0 Å². The first-order valence-corrected chi connectivity index (χ1v) is 6.53. The molecule has 3 N–H and O–H groups in total. The van der Waals surface area contributed by atoms with Crippen LogP contribution in [0.2, 0.25) is 0 Å². The van der Waals surface area contributed by atoms with Crippen molar-refractivity contribution in [2.24, 2.45) is 0 Å². The minimum Gasteiger partial charge on any atom is -0.396 e. The number of nitrogens with zero attached hydrogens (tertiary/aromatic N) is 3. The van der Waals surface area contributed by atoms with Gasteiger partial charge in [-0.2, -0.15) is 4.98 Å². The first kappa shape index (κ1) is 12.5. The van der Waals surface area contributed by atoms with Crippen LogP contribution < -0.4 is 10.5 Å². The largest absolute Gasteiger partial charge is 0.396 e. The van der Waals surface area contributed by atoms with Gasteiger partial charge in [0, 0.05) is 19.2 Å². The van der Waals surface area contributed by atoms with Gasteiger partial charge in [-0.05, 0) is 12.1 Å². The number of nitrogens with one attached hydrogen (secondary N) is 1. The second kappa shape index (κ2) is 5.10. The Morgan fingerprint density at radius 3 is 2.89 bits per heavy atom. The van der Waals surface area contributed by atoms with Crippen LogP contribution in [0.1, 0.15) is 5.89 Å². The third kappa shape index (κ3) is 2.81. The van der Waals surface area contributed by atoms with Crippen LogP contribution >= 0.6 is 0 Å². The molecule has 2 aromatic heterocycles. The summed E-state index contributed by atoms with van der Waals surface area (Å²) in [7, 11) is -3.72. The average molecular weight is 269 g/mol. The Morgan fingerprint density at radius 1 is 1.39 bits per heavy atom. The summed E-state index contributed by atoms with van der Waals surface area (Å²) in [5.41, 5.74) is 5.65. The van der Waals surface area contributed by atoms with Crippen LogP contribution in [0.5, 0.6) is 0 Å². The minimum atomic E-state index is -3.72. The molecule has 0 saturated heterocycles. The SMILES string of the molecule is Nc1cccnc1S(=O)(=O)NCCc1ncno1. The van der Waals surface area contributed by atoms with Crippen molar-refractivity contribution in [3.63, 3.8) is 0 Å². The Morgan fingerprint density at radius 2 is 2.22 bits per heavy atom. The fraction of sp³-hybridized carbons (Fsp3) is 0.222. The molecule has 96 valence electrons. The molecule has 0 unspecified atom stereocenters. The summed E-state index contributed by atoms with van der Waals surface area (Å²) in [5.74, 6) is 0.353. The van der Waals surface area contributed by atoms with E-state index in [-0.39, 0.29) is 17.3 Å². The van der Waals surface area contributed by atoms with E-state index in [1.165, 1.54) is 18.6 Å². The highest BCUT2D eigenvalue weighted by Crippen LogP contribution is 2.13. The summed E-state index contributed by atoms with van der Waals surface area (Å²) in [5, 5.41) is 3.23. The molecule has 0 spiro atoms. The highest BCUT2D eigenvalue weighted by Gasteiger charge is 2.18. The number of pyridine rings is 1. The van der Waals surface area contributed by atoms with Gasteiger partial charge in [0.2, 0.25) is 5.89 Å². The molecule has 18 heavy (non-hydrogen) atoms. The number of nitrogen functional groups attached to an aromatic ring is 1. The normalized spacial score (nSPS) is 11.6. The van der Waals surface area contributed by atoms with E-state index < -0.39 is 10.0 Å². The van der Waals surface area contributed by atoms with Crippen LogP contribution in [0.15, 0.2) is 34.2 Å². The molecule has 0 aliphatic heterocycles. The van der Waals surface area contributed by atoms with Crippen molar-refractivity contribution in [2.75, 3.05) is 12.3 Å². The standard InChI is InChI=1S/C9H11N5O3S/c10-7-2-1-4-11-9(7)18(15,16)14-5-3-8-12-6-13-17-8/h1-2,4,6,14H,3,5,10H2. The maximum absolute atomic E-state index is 11.9. The van der Waals surface area contributed by atoms with Crippen LogP contribution in [-0.2, 0) is 16.4 Å². The third-order valence-electron chi connectivity index (χ3n) is 2.09. The smallest absolute Gasteiger partial charge is 0.260 e. The predicted molar refractivity (Wildman–Crippen MR) is 61.8 cm³/mol. The average Bonchev–Trinajstić information content (AvgIpc) is 2.82. The number of hydrogen-bond donors (Lipinski definition) is 2. The Labute approximate surface area is 103 Å². The van der Waals surface area contributed by atoms with Crippen LogP contribution in [0.4, 0.5) is 5.69 Å². The Kier molecular flexibility index (Phi) is 3.53. The Hall–Kier alpha value is -2.00. The molecule has 2 aromatic rings. The summed E-state index contributed by atoms with van der Waals surface area (Å²) in [6.45, 7) is 0.126. The summed E-state index contributed by atoms with van der Waals surface area (Å²) >= 11 is 0. The molecule has 0 saturated carbocycles. The van der Waals surface area contributed by atoms with Gasteiger partial charge >= 0.3 is 0 Å². The van der Waals surface area contributed by atoms with Gasteiger partial charge in [0.05, 0.1) is 5.69 Å².